The highest BCUT2D eigenvalue weighted by atomic mass is 16.2. The van der Waals surface area contributed by atoms with Crippen LogP contribution < -0.4 is 10.9 Å². The molecule has 184 valence electrons. The summed E-state index contributed by atoms with van der Waals surface area (Å²) in [6, 6.07) is 11.5. The van der Waals surface area contributed by atoms with E-state index in [0.717, 1.165) is 17.7 Å². The molecule has 4 heterocycles. The van der Waals surface area contributed by atoms with Crippen LogP contribution in [0.25, 0.3) is 16.9 Å². The Balaban J connectivity index is 1.61. The highest BCUT2D eigenvalue weighted by molar-refractivity contribution is 5.97. The second-order valence-electron chi connectivity index (χ2n) is 10.0. The Kier molecular flexibility index (Phi) is 5.70. The molecular formula is C27H29N7O2. The summed E-state index contributed by atoms with van der Waals surface area (Å²) in [7, 11) is 1.80. The lowest BCUT2D eigenvalue weighted by Crippen LogP contribution is -2.34. The number of likely N-dealkylation sites (N-methyl/N-ethyl adjacent to an activating group) is 1. The molecule has 9 nitrogen and oxygen atoms in total. The van der Waals surface area contributed by atoms with Crippen molar-refractivity contribution in [2.45, 2.75) is 39.2 Å². The molecule has 5 rings (SSSR count). The van der Waals surface area contributed by atoms with Crippen molar-refractivity contribution in [3.63, 3.8) is 0 Å². The van der Waals surface area contributed by atoms with Gasteiger partial charge in [0, 0.05) is 42.1 Å². The van der Waals surface area contributed by atoms with Gasteiger partial charge in [-0.25, -0.2) is 19.3 Å². The van der Waals surface area contributed by atoms with Crippen LogP contribution in [0.5, 0.6) is 0 Å². The maximum absolute atomic E-state index is 13.2. The molecule has 0 spiro atoms. The van der Waals surface area contributed by atoms with E-state index in [0.29, 0.717) is 47.1 Å². The Morgan fingerprint density at radius 2 is 1.94 bits per heavy atom. The van der Waals surface area contributed by atoms with Gasteiger partial charge in [-0.2, -0.15) is 4.98 Å². The van der Waals surface area contributed by atoms with E-state index in [4.69, 9.17) is 9.97 Å². The topological polar surface area (TPSA) is 97.9 Å². The van der Waals surface area contributed by atoms with Crippen molar-refractivity contribution in [3.8, 4) is 5.82 Å². The van der Waals surface area contributed by atoms with Crippen LogP contribution in [-0.2, 0) is 18.4 Å². The van der Waals surface area contributed by atoms with Crippen molar-refractivity contribution >= 4 is 28.6 Å². The molecule has 3 aromatic heterocycles. The average molecular weight is 484 g/mol. The van der Waals surface area contributed by atoms with E-state index in [1.807, 2.05) is 36.4 Å². The minimum atomic E-state index is -0.221. The number of fused-ring (bicyclic) bond motifs is 2. The number of allylic oxidation sites excluding steroid dienone is 1. The fourth-order valence-corrected chi connectivity index (χ4v) is 4.36. The van der Waals surface area contributed by atoms with Gasteiger partial charge in [0.25, 0.3) is 11.5 Å². The number of carbonyl (C=O) groups excluding carboxylic acids is 1. The molecule has 1 N–H and O–H groups in total. The molecular weight excluding hydrogens is 454 g/mol. The van der Waals surface area contributed by atoms with Crippen molar-refractivity contribution in [1.29, 1.82) is 0 Å². The summed E-state index contributed by atoms with van der Waals surface area (Å²) in [6.07, 6.45) is 4.01. The largest absolute Gasteiger partial charge is 0.341 e. The van der Waals surface area contributed by atoms with Crippen LogP contribution in [0.15, 0.2) is 60.0 Å². The summed E-state index contributed by atoms with van der Waals surface area (Å²) in [6.45, 7) is 11.1. The third kappa shape index (κ3) is 4.06. The molecule has 1 amide bonds. The Labute approximate surface area is 209 Å². The van der Waals surface area contributed by atoms with E-state index >= 15 is 0 Å². The molecule has 0 fully saturated rings. The van der Waals surface area contributed by atoms with Crippen LogP contribution in [0, 0.1) is 0 Å². The Morgan fingerprint density at radius 3 is 2.69 bits per heavy atom. The Hall–Kier alpha value is -4.27. The van der Waals surface area contributed by atoms with Crippen molar-refractivity contribution in [2.24, 2.45) is 0 Å². The third-order valence-electron chi connectivity index (χ3n) is 6.36. The van der Waals surface area contributed by atoms with Crippen molar-refractivity contribution < 1.29 is 4.79 Å². The molecule has 0 unspecified atom stereocenters. The van der Waals surface area contributed by atoms with Gasteiger partial charge in [0.15, 0.2) is 11.5 Å². The summed E-state index contributed by atoms with van der Waals surface area (Å²) in [4.78, 5) is 41.5. The summed E-state index contributed by atoms with van der Waals surface area (Å²) in [5.41, 5.74) is 3.35. The SMILES string of the molecule is C=CCn1c(=O)c2cnc(Nc3ccc4c(c3)C(=O)N(C)CC4)nc2n1-c1cccc(C(C)(C)C)n1. The molecule has 0 saturated carbocycles. The molecule has 1 aliphatic rings. The normalized spacial score (nSPS) is 13.7. The van der Waals surface area contributed by atoms with Gasteiger partial charge in [0.2, 0.25) is 5.95 Å². The van der Waals surface area contributed by atoms with Crippen LogP contribution in [0.2, 0.25) is 0 Å². The number of carbonyl (C=O) groups is 1. The fraction of sp³-hybridized carbons (Fsp3) is 0.296. The number of anilines is 2. The minimum absolute atomic E-state index is 0.00332. The number of amides is 1. The van der Waals surface area contributed by atoms with Gasteiger partial charge in [-0.05, 0) is 36.2 Å². The lowest BCUT2D eigenvalue weighted by molar-refractivity contribution is 0.0781. The maximum atomic E-state index is 13.2. The second kappa shape index (κ2) is 8.75. The van der Waals surface area contributed by atoms with E-state index in [2.05, 4.69) is 37.7 Å². The van der Waals surface area contributed by atoms with Crippen molar-refractivity contribution in [1.82, 2.24) is 29.2 Å². The number of nitrogens with one attached hydrogen (secondary N) is 1. The van der Waals surface area contributed by atoms with Gasteiger partial charge in [-0.3, -0.25) is 9.59 Å². The molecule has 1 aliphatic heterocycles. The van der Waals surface area contributed by atoms with Gasteiger partial charge in [-0.1, -0.05) is 39.0 Å². The number of benzene rings is 1. The molecule has 0 bridgehead atoms. The van der Waals surface area contributed by atoms with Gasteiger partial charge in [0.1, 0.15) is 5.39 Å². The second-order valence-corrected chi connectivity index (χ2v) is 10.0. The van der Waals surface area contributed by atoms with E-state index in [-0.39, 0.29) is 16.9 Å². The first-order valence-corrected chi connectivity index (χ1v) is 11.9. The first-order chi connectivity index (χ1) is 17.2. The highest BCUT2D eigenvalue weighted by Gasteiger charge is 2.23. The number of aromatic nitrogens is 5. The number of rotatable bonds is 5. The number of hydrogen-bond acceptors (Lipinski definition) is 6. The predicted octanol–water partition coefficient (Wildman–Crippen LogP) is 3.83. The molecule has 1 aromatic carbocycles. The van der Waals surface area contributed by atoms with Crippen LogP contribution in [-0.4, -0.2) is 48.7 Å². The van der Waals surface area contributed by atoms with Crippen molar-refractivity contribution in [2.75, 3.05) is 18.9 Å². The Morgan fingerprint density at radius 1 is 1.14 bits per heavy atom. The summed E-state index contributed by atoms with van der Waals surface area (Å²) in [5.74, 6) is 0.899. The quantitative estimate of drug-likeness (QED) is 0.433. The number of hydrogen-bond donors (Lipinski definition) is 1. The van der Waals surface area contributed by atoms with Crippen LogP contribution in [0.3, 0.4) is 0 Å². The monoisotopic (exact) mass is 483 g/mol. The lowest BCUT2D eigenvalue weighted by Gasteiger charge is -2.25. The third-order valence-corrected chi connectivity index (χ3v) is 6.36. The van der Waals surface area contributed by atoms with Gasteiger partial charge < -0.3 is 10.2 Å². The van der Waals surface area contributed by atoms with Crippen molar-refractivity contribution in [3.05, 3.63) is 82.4 Å². The highest BCUT2D eigenvalue weighted by Crippen LogP contribution is 2.25. The zero-order valence-corrected chi connectivity index (χ0v) is 20.9. The van der Waals surface area contributed by atoms with E-state index in [1.54, 1.807) is 27.4 Å². The zero-order valence-electron chi connectivity index (χ0n) is 20.9. The first-order valence-electron chi connectivity index (χ1n) is 11.9. The van der Waals surface area contributed by atoms with Crippen LogP contribution >= 0.6 is 0 Å². The average Bonchev–Trinajstić information content (AvgIpc) is 3.12. The minimum Gasteiger partial charge on any atom is -0.341 e. The molecule has 0 atom stereocenters. The summed E-state index contributed by atoms with van der Waals surface area (Å²) >= 11 is 0. The van der Waals surface area contributed by atoms with Crippen LogP contribution in [0.1, 0.15) is 42.4 Å². The molecule has 0 aliphatic carbocycles. The van der Waals surface area contributed by atoms with E-state index < -0.39 is 0 Å². The van der Waals surface area contributed by atoms with Gasteiger partial charge >= 0.3 is 0 Å². The number of pyridine rings is 1. The van der Waals surface area contributed by atoms with Gasteiger partial charge in [-0.15, -0.1) is 6.58 Å². The zero-order chi connectivity index (χ0) is 25.6. The standard InChI is InChI=1S/C27H29N7O2/c1-6-13-33-25(36)20-16-28-26(29-18-11-10-17-12-14-32(5)24(35)19(17)15-18)31-23(20)34(33)22-9-7-8-21(30-22)27(2,3)4/h6-11,15-16H,1,12-14H2,2-5H3,(H,28,29,31). The summed E-state index contributed by atoms with van der Waals surface area (Å²) < 4.78 is 3.27. The van der Waals surface area contributed by atoms with E-state index in [1.165, 1.54) is 6.20 Å². The molecule has 36 heavy (non-hydrogen) atoms. The Bertz CT molecular complexity index is 1560. The molecule has 0 saturated heterocycles. The smallest absolute Gasteiger partial charge is 0.278 e. The predicted molar refractivity (Wildman–Crippen MR) is 140 cm³/mol. The molecule has 9 heteroatoms. The maximum Gasteiger partial charge on any atom is 0.278 e. The number of nitrogens with zero attached hydrogens (tertiary/aromatic N) is 6. The molecule has 0 radical (unpaired) electrons. The lowest BCUT2D eigenvalue weighted by atomic mass is 9.92. The summed E-state index contributed by atoms with van der Waals surface area (Å²) in [5, 5.41) is 3.58. The molecule has 4 aromatic rings. The van der Waals surface area contributed by atoms with Gasteiger partial charge in [0.05, 0.1) is 6.54 Å². The van der Waals surface area contributed by atoms with E-state index in [9.17, 15) is 9.59 Å². The first kappa shape index (κ1) is 23.5. The van der Waals surface area contributed by atoms with Crippen LogP contribution in [0.4, 0.5) is 11.6 Å². The fourth-order valence-electron chi connectivity index (χ4n) is 4.36.